The average Bonchev–Trinajstić information content (AvgIpc) is 3.12. The summed E-state index contributed by atoms with van der Waals surface area (Å²) < 4.78 is 5.41. The van der Waals surface area contributed by atoms with Gasteiger partial charge in [0.25, 0.3) is 5.91 Å². The smallest absolute Gasteiger partial charge is 0.262 e. The highest BCUT2D eigenvalue weighted by atomic mass is 32.1. The van der Waals surface area contributed by atoms with E-state index in [2.05, 4.69) is 22.6 Å². The van der Waals surface area contributed by atoms with E-state index in [0.29, 0.717) is 11.4 Å². The molecule has 1 amide bonds. The SMILES string of the molecule is Cc1nc(Cc2nc(-c3ccc4c(c3)NC(=O)CO4)c(C)s2)cs1. The molecule has 0 aliphatic carbocycles. The Kier molecular flexibility index (Phi) is 3.82. The maximum Gasteiger partial charge on any atom is 0.262 e. The van der Waals surface area contributed by atoms with Crippen molar-refractivity contribution < 1.29 is 9.53 Å². The van der Waals surface area contributed by atoms with E-state index in [1.54, 1.807) is 22.7 Å². The molecular formula is C17H15N3O2S2. The molecule has 0 atom stereocenters. The lowest BCUT2D eigenvalue weighted by molar-refractivity contribution is -0.118. The van der Waals surface area contributed by atoms with Gasteiger partial charge in [0, 0.05) is 22.2 Å². The molecule has 7 heteroatoms. The summed E-state index contributed by atoms with van der Waals surface area (Å²) in [5.74, 6) is 0.568. The first-order valence-corrected chi connectivity index (χ1v) is 9.22. The van der Waals surface area contributed by atoms with Gasteiger partial charge in [-0.05, 0) is 32.0 Å². The van der Waals surface area contributed by atoms with Gasteiger partial charge in [-0.2, -0.15) is 0 Å². The van der Waals surface area contributed by atoms with Gasteiger partial charge in [0.05, 0.1) is 27.1 Å². The van der Waals surface area contributed by atoms with E-state index in [0.717, 1.165) is 38.3 Å². The summed E-state index contributed by atoms with van der Waals surface area (Å²) in [4.78, 5) is 21.9. The van der Waals surface area contributed by atoms with Crippen LogP contribution in [-0.4, -0.2) is 22.5 Å². The van der Waals surface area contributed by atoms with Gasteiger partial charge in [0.15, 0.2) is 6.61 Å². The number of aromatic nitrogens is 2. The number of carbonyl (C=O) groups excluding carboxylic acids is 1. The normalized spacial score (nSPS) is 13.3. The second kappa shape index (κ2) is 5.99. The van der Waals surface area contributed by atoms with Crippen molar-refractivity contribution in [3.63, 3.8) is 0 Å². The van der Waals surface area contributed by atoms with Crippen molar-refractivity contribution in [1.29, 1.82) is 0 Å². The molecule has 3 aromatic rings. The average molecular weight is 357 g/mol. The van der Waals surface area contributed by atoms with Crippen LogP contribution in [0.3, 0.4) is 0 Å². The van der Waals surface area contributed by atoms with Gasteiger partial charge in [-0.25, -0.2) is 9.97 Å². The van der Waals surface area contributed by atoms with Crippen LogP contribution in [0.1, 0.15) is 20.6 Å². The number of nitrogens with one attached hydrogen (secondary N) is 1. The lowest BCUT2D eigenvalue weighted by atomic mass is 10.1. The molecule has 1 N–H and O–H groups in total. The summed E-state index contributed by atoms with van der Waals surface area (Å²) in [6.07, 6.45) is 0.751. The largest absolute Gasteiger partial charge is 0.482 e. The minimum atomic E-state index is -0.130. The summed E-state index contributed by atoms with van der Waals surface area (Å²) in [6, 6.07) is 5.78. The van der Waals surface area contributed by atoms with Crippen molar-refractivity contribution in [2.24, 2.45) is 0 Å². The summed E-state index contributed by atoms with van der Waals surface area (Å²) in [7, 11) is 0. The summed E-state index contributed by atoms with van der Waals surface area (Å²) in [5.41, 5.74) is 3.69. The number of hydrogen-bond donors (Lipinski definition) is 1. The van der Waals surface area contributed by atoms with Crippen LogP contribution in [0.15, 0.2) is 23.6 Å². The lowest BCUT2D eigenvalue weighted by Crippen LogP contribution is -2.25. The van der Waals surface area contributed by atoms with Gasteiger partial charge in [0.2, 0.25) is 0 Å². The van der Waals surface area contributed by atoms with E-state index in [1.165, 1.54) is 0 Å². The van der Waals surface area contributed by atoms with Crippen molar-refractivity contribution in [3.05, 3.63) is 44.2 Å². The monoisotopic (exact) mass is 357 g/mol. The molecule has 0 spiro atoms. The van der Waals surface area contributed by atoms with Crippen LogP contribution in [0.25, 0.3) is 11.3 Å². The summed E-state index contributed by atoms with van der Waals surface area (Å²) in [6.45, 7) is 4.15. The Morgan fingerprint density at radius 1 is 1.29 bits per heavy atom. The molecule has 122 valence electrons. The number of nitrogens with zero attached hydrogens (tertiary/aromatic N) is 2. The van der Waals surface area contributed by atoms with E-state index in [1.807, 2.05) is 25.1 Å². The van der Waals surface area contributed by atoms with Gasteiger partial charge in [-0.1, -0.05) is 0 Å². The Bertz CT molecular complexity index is 930. The van der Waals surface area contributed by atoms with E-state index in [9.17, 15) is 4.79 Å². The van der Waals surface area contributed by atoms with E-state index >= 15 is 0 Å². The van der Waals surface area contributed by atoms with Crippen molar-refractivity contribution in [2.75, 3.05) is 11.9 Å². The minimum absolute atomic E-state index is 0.0687. The molecule has 3 heterocycles. The molecule has 4 rings (SSSR count). The summed E-state index contributed by atoms with van der Waals surface area (Å²) in [5, 5.41) is 7.04. The first-order valence-electron chi connectivity index (χ1n) is 7.53. The number of rotatable bonds is 3. The zero-order valence-electron chi connectivity index (χ0n) is 13.3. The number of benzene rings is 1. The van der Waals surface area contributed by atoms with E-state index < -0.39 is 0 Å². The standard InChI is InChI=1S/C17H15N3O2S2/c1-9-17(20-16(24-9)6-12-8-23-10(2)18-12)11-3-4-14-13(5-11)19-15(21)7-22-14/h3-5,8H,6-7H2,1-2H3,(H,19,21). The first kappa shape index (κ1) is 15.3. The van der Waals surface area contributed by atoms with Gasteiger partial charge < -0.3 is 10.1 Å². The van der Waals surface area contributed by atoms with Crippen LogP contribution >= 0.6 is 22.7 Å². The molecule has 1 aliphatic rings. The quantitative estimate of drug-likeness (QED) is 0.774. The molecule has 0 saturated heterocycles. The number of amides is 1. The zero-order chi connectivity index (χ0) is 16.7. The Morgan fingerprint density at radius 2 is 2.17 bits per heavy atom. The van der Waals surface area contributed by atoms with Crippen LogP contribution in [0.2, 0.25) is 0 Å². The number of anilines is 1. The van der Waals surface area contributed by atoms with Crippen LogP contribution in [0.5, 0.6) is 5.75 Å². The fraction of sp³-hybridized carbons (Fsp3) is 0.235. The minimum Gasteiger partial charge on any atom is -0.482 e. The number of ether oxygens (including phenoxy) is 1. The molecule has 1 aromatic carbocycles. The molecular weight excluding hydrogens is 342 g/mol. The highest BCUT2D eigenvalue weighted by molar-refractivity contribution is 7.12. The van der Waals surface area contributed by atoms with E-state index in [-0.39, 0.29) is 12.5 Å². The van der Waals surface area contributed by atoms with Crippen molar-refractivity contribution >= 4 is 34.3 Å². The number of fused-ring (bicyclic) bond motifs is 1. The molecule has 0 fully saturated rings. The highest BCUT2D eigenvalue weighted by Gasteiger charge is 2.18. The molecule has 0 unspecified atom stereocenters. The summed E-state index contributed by atoms with van der Waals surface area (Å²) >= 11 is 3.34. The van der Waals surface area contributed by atoms with Crippen LogP contribution in [-0.2, 0) is 11.2 Å². The Morgan fingerprint density at radius 3 is 2.96 bits per heavy atom. The fourth-order valence-electron chi connectivity index (χ4n) is 2.67. The lowest BCUT2D eigenvalue weighted by Gasteiger charge is -2.18. The molecule has 0 bridgehead atoms. The second-order valence-corrected chi connectivity index (χ2v) is 7.94. The molecule has 2 aromatic heterocycles. The maximum absolute atomic E-state index is 11.5. The Labute approximate surface area is 147 Å². The zero-order valence-corrected chi connectivity index (χ0v) is 14.9. The third-order valence-corrected chi connectivity index (χ3v) is 5.52. The Hall–Kier alpha value is -2.25. The van der Waals surface area contributed by atoms with Gasteiger partial charge in [-0.3, -0.25) is 4.79 Å². The maximum atomic E-state index is 11.5. The molecule has 24 heavy (non-hydrogen) atoms. The van der Waals surface area contributed by atoms with Crippen LogP contribution in [0.4, 0.5) is 5.69 Å². The topological polar surface area (TPSA) is 64.1 Å². The van der Waals surface area contributed by atoms with Crippen LogP contribution in [0, 0.1) is 13.8 Å². The van der Waals surface area contributed by atoms with Gasteiger partial charge in [0.1, 0.15) is 5.75 Å². The molecule has 0 saturated carbocycles. The molecule has 1 aliphatic heterocycles. The number of aryl methyl sites for hydroxylation is 2. The number of thiazole rings is 2. The second-order valence-electron chi connectivity index (χ2n) is 5.59. The number of carbonyl (C=O) groups is 1. The predicted octanol–water partition coefficient (Wildman–Crippen LogP) is 3.81. The predicted molar refractivity (Wildman–Crippen MR) is 96.1 cm³/mol. The first-order chi connectivity index (χ1) is 11.6. The van der Waals surface area contributed by atoms with Gasteiger partial charge in [-0.15, -0.1) is 22.7 Å². The van der Waals surface area contributed by atoms with E-state index in [4.69, 9.17) is 9.72 Å². The van der Waals surface area contributed by atoms with Gasteiger partial charge >= 0.3 is 0 Å². The fourth-order valence-corrected chi connectivity index (χ4v) is 4.25. The van der Waals surface area contributed by atoms with Crippen LogP contribution < -0.4 is 10.1 Å². The molecule has 5 nitrogen and oxygen atoms in total. The van der Waals surface area contributed by atoms with Crippen molar-refractivity contribution in [3.8, 4) is 17.0 Å². The third kappa shape index (κ3) is 2.92. The highest BCUT2D eigenvalue weighted by Crippen LogP contribution is 2.35. The van der Waals surface area contributed by atoms with Crippen molar-refractivity contribution in [2.45, 2.75) is 20.3 Å². The number of hydrogen-bond acceptors (Lipinski definition) is 6. The third-order valence-electron chi connectivity index (χ3n) is 3.73. The Balaban J connectivity index is 1.65. The van der Waals surface area contributed by atoms with Crippen molar-refractivity contribution in [1.82, 2.24) is 9.97 Å². The molecule has 0 radical (unpaired) electrons.